The second kappa shape index (κ2) is 10.7. The molecule has 32 heavy (non-hydrogen) atoms. The van der Waals surface area contributed by atoms with Crippen LogP contribution in [-0.2, 0) is 0 Å². The van der Waals surface area contributed by atoms with E-state index in [1.807, 2.05) is 30.3 Å². The molecular formula is C22H24AsN5O3S. The molecule has 0 saturated carbocycles. The van der Waals surface area contributed by atoms with Crippen LogP contribution in [0, 0.1) is 0 Å². The summed E-state index contributed by atoms with van der Waals surface area (Å²) >= 11 is 0.217. The zero-order valence-electron chi connectivity index (χ0n) is 17.6. The average molecular weight is 513 g/mol. The molecule has 4 rings (SSSR count). The first kappa shape index (κ1) is 22.5. The van der Waals surface area contributed by atoms with Crippen molar-refractivity contribution in [1.29, 1.82) is 0 Å². The predicted molar refractivity (Wildman–Crippen MR) is 127 cm³/mol. The number of hydrogen-bond donors (Lipinski definition) is 3. The Balaban J connectivity index is 1.57. The van der Waals surface area contributed by atoms with Gasteiger partial charge in [0.05, 0.1) is 0 Å². The van der Waals surface area contributed by atoms with Crippen molar-refractivity contribution >= 4 is 47.2 Å². The topological polar surface area (TPSA) is 105 Å². The fourth-order valence-electron chi connectivity index (χ4n) is 3.39. The second-order valence-electron chi connectivity index (χ2n) is 7.25. The Kier molecular flexibility index (Phi) is 7.52. The maximum atomic E-state index is 13.1. The fraction of sp³-hybridized carbons (Fsp3) is 0.273. The van der Waals surface area contributed by atoms with E-state index in [-0.39, 0.29) is 16.6 Å². The third-order valence-electron chi connectivity index (χ3n) is 5.06. The van der Waals surface area contributed by atoms with Crippen molar-refractivity contribution in [3.8, 4) is 16.2 Å². The number of nitrogens with zero attached hydrogens (tertiary/aromatic N) is 2. The van der Waals surface area contributed by atoms with E-state index in [2.05, 4.69) is 25.9 Å². The van der Waals surface area contributed by atoms with Gasteiger partial charge in [-0.1, -0.05) is 0 Å². The molecule has 3 N–H and O–H groups in total. The number of rotatable bonds is 7. The van der Waals surface area contributed by atoms with Crippen LogP contribution in [0.15, 0.2) is 48.9 Å². The molecule has 0 radical (unpaired) electrons. The number of hydrogen-bond acceptors (Lipinski definition) is 7. The summed E-state index contributed by atoms with van der Waals surface area (Å²) in [6.07, 6.45) is 6.39. The SMILES string of the molecule is COc1ccc(-c2cc(C(=O)NC3CCNCC3)c([AsH]C(=O)Nc3cnccn3)s2)cc1. The van der Waals surface area contributed by atoms with Gasteiger partial charge in [0, 0.05) is 0 Å². The van der Waals surface area contributed by atoms with Crippen molar-refractivity contribution in [3.63, 3.8) is 0 Å². The quantitative estimate of drug-likeness (QED) is 0.418. The first-order valence-corrected chi connectivity index (χ1v) is 13.2. The van der Waals surface area contributed by atoms with E-state index in [9.17, 15) is 9.59 Å². The summed E-state index contributed by atoms with van der Waals surface area (Å²) in [6.45, 7) is 1.79. The van der Waals surface area contributed by atoms with Crippen LogP contribution >= 0.6 is 11.3 Å². The second-order valence-corrected chi connectivity index (χ2v) is 11.6. The van der Waals surface area contributed by atoms with Crippen molar-refractivity contribution in [2.45, 2.75) is 18.9 Å². The zero-order chi connectivity index (χ0) is 22.3. The molecule has 10 heteroatoms. The number of benzene rings is 1. The molecule has 3 heterocycles. The van der Waals surface area contributed by atoms with Gasteiger partial charge in [0.2, 0.25) is 0 Å². The third-order valence-corrected chi connectivity index (χ3v) is 9.01. The minimum atomic E-state index is -1.28. The van der Waals surface area contributed by atoms with E-state index in [0.717, 1.165) is 45.8 Å². The van der Waals surface area contributed by atoms with Gasteiger partial charge in [-0.25, -0.2) is 0 Å². The fourth-order valence-corrected chi connectivity index (χ4v) is 7.36. The molecule has 8 nitrogen and oxygen atoms in total. The normalized spacial score (nSPS) is 14.4. The Morgan fingerprint density at radius 1 is 1.19 bits per heavy atom. The van der Waals surface area contributed by atoms with Gasteiger partial charge in [-0.2, -0.15) is 0 Å². The van der Waals surface area contributed by atoms with Crippen LogP contribution in [0.5, 0.6) is 5.75 Å². The zero-order valence-corrected chi connectivity index (χ0v) is 20.5. The minimum absolute atomic E-state index is 0.112. The molecule has 3 aromatic rings. The van der Waals surface area contributed by atoms with Gasteiger partial charge in [-0.05, 0) is 0 Å². The number of thiophene rings is 1. The Labute approximate surface area is 196 Å². The van der Waals surface area contributed by atoms with Crippen LogP contribution in [-0.4, -0.2) is 62.6 Å². The summed E-state index contributed by atoms with van der Waals surface area (Å²) in [5.41, 5.74) is 1.58. The molecule has 0 aliphatic carbocycles. The summed E-state index contributed by atoms with van der Waals surface area (Å²) in [5.74, 6) is 1.07. The van der Waals surface area contributed by atoms with E-state index in [4.69, 9.17) is 4.74 Å². The number of aromatic nitrogens is 2. The van der Waals surface area contributed by atoms with Crippen molar-refractivity contribution in [1.82, 2.24) is 20.6 Å². The van der Waals surface area contributed by atoms with Gasteiger partial charge in [0.15, 0.2) is 0 Å². The summed E-state index contributed by atoms with van der Waals surface area (Å²) in [4.78, 5) is 34.9. The molecule has 1 saturated heterocycles. The number of carbonyl (C=O) groups is 2. The van der Waals surface area contributed by atoms with Crippen LogP contribution in [0.2, 0.25) is 0 Å². The molecule has 0 spiro atoms. The standard InChI is InChI=1S/C22H24AsN5O3S/c1-31-16-4-2-14(3-5-16)18-12-17(21(29)27-15-6-8-24-9-7-15)20(32-18)23-22(30)28-19-13-25-10-11-26-19/h2-5,10-13,15,23-24H,6-9H2,1H3,(H,27,29)(H,26,28,30). The molecule has 1 aliphatic rings. The van der Waals surface area contributed by atoms with Crippen LogP contribution in [0.4, 0.5) is 10.6 Å². The number of piperidine rings is 1. The van der Waals surface area contributed by atoms with Crippen LogP contribution in [0.1, 0.15) is 23.2 Å². The number of nitrogens with one attached hydrogen (secondary N) is 3. The Hall–Kier alpha value is -2.74. The summed E-state index contributed by atoms with van der Waals surface area (Å²) in [7, 11) is 1.63. The molecular weight excluding hydrogens is 489 g/mol. The molecule has 1 unspecified atom stereocenters. The van der Waals surface area contributed by atoms with Gasteiger partial charge < -0.3 is 0 Å². The van der Waals surface area contributed by atoms with Crippen molar-refractivity contribution in [2.24, 2.45) is 0 Å². The van der Waals surface area contributed by atoms with E-state index in [1.54, 1.807) is 13.3 Å². The summed E-state index contributed by atoms with van der Waals surface area (Å²) < 4.78 is 5.96. The maximum absolute atomic E-state index is 13.1. The molecule has 1 atom stereocenters. The number of carbonyl (C=O) groups excluding carboxylic acids is 2. The Morgan fingerprint density at radius 2 is 1.97 bits per heavy atom. The molecule has 1 aromatic carbocycles. The first-order valence-electron chi connectivity index (χ1n) is 10.3. The van der Waals surface area contributed by atoms with Gasteiger partial charge >= 0.3 is 197 Å². The monoisotopic (exact) mass is 513 g/mol. The van der Waals surface area contributed by atoms with Crippen LogP contribution < -0.4 is 24.4 Å². The van der Waals surface area contributed by atoms with Gasteiger partial charge in [-0.3, -0.25) is 0 Å². The van der Waals surface area contributed by atoms with Gasteiger partial charge in [0.1, 0.15) is 0 Å². The molecule has 1 fully saturated rings. The van der Waals surface area contributed by atoms with Gasteiger partial charge in [0.25, 0.3) is 0 Å². The Morgan fingerprint density at radius 3 is 2.66 bits per heavy atom. The van der Waals surface area contributed by atoms with E-state index in [0.29, 0.717) is 11.4 Å². The van der Waals surface area contributed by atoms with Gasteiger partial charge in [-0.15, -0.1) is 0 Å². The first-order chi connectivity index (χ1) is 15.6. The number of methoxy groups -OCH3 is 1. The number of amides is 2. The summed E-state index contributed by atoms with van der Waals surface area (Å²) in [6, 6.07) is 9.75. The average Bonchev–Trinajstić information content (AvgIpc) is 3.24. The van der Waals surface area contributed by atoms with Crippen molar-refractivity contribution in [3.05, 3.63) is 54.5 Å². The molecule has 1 aliphatic heterocycles. The number of anilines is 1. The van der Waals surface area contributed by atoms with E-state index in [1.165, 1.54) is 23.7 Å². The van der Waals surface area contributed by atoms with Crippen LogP contribution in [0.3, 0.4) is 0 Å². The summed E-state index contributed by atoms with van der Waals surface area (Å²) in [5, 5.41) is 9.26. The molecule has 2 amide bonds. The third kappa shape index (κ3) is 5.73. The van der Waals surface area contributed by atoms with E-state index < -0.39 is 15.8 Å². The Bertz CT molecular complexity index is 1070. The van der Waals surface area contributed by atoms with Crippen LogP contribution in [0.25, 0.3) is 10.4 Å². The van der Waals surface area contributed by atoms with Crippen molar-refractivity contribution in [2.75, 3.05) is 25.5 Å². The van der Waals surface area contributed by atoms with E-state index >= 15 is 0 Å². The number of ether oxygens (including phenoxy) is 1. The molecule has 2 aromatic heterocycles. The molecule has 166 valence electrons. The predicted octanol–water partition coefficient (Wildman–Crippen LogP) is 1.99. The van der Waals surface area contributed by atoms with Crippen molar-refractivity contribution < 1.29 is 14.3 Å². The molecule has 0 bridgehead atoms.